The highest BCUT2D eigenvalue weighted by molar-refractivity contribution is 6.07. The fourth-order valence-electron chi connectivity index (χ4n) is 5.31. The summed E-state index contributed by atoms with van der Waals surface area (Å²) in [5, 5.41) is 0. The Balaban J connectivity index is 1.58. The zero-order valence-electron chi connectivity index (χ0n) is 19.6. The fraction of sp³-hybridized carbons (Fsp3) is 0.538. The number of hydrogen-bond donors (Lipinski definition) is 0. The van der Waals surface area contributed by atoms with Gasteiger partial charge in [0.15, 0.2) is 0 Å². The first-order valence-corrected chi connectivity index (χ1v) is 11.8. The van der Waals surface area contributed by atoms with Gasteiger partial charge >= 0.3 is 5.97 Å². The number of amides is 1. The molecule has 7 heteroatoms. The number of nitrogens with zero attached hydrogens (tertiary/aromatic N) is 2. The summed E-state index contributed by atoms with van der Waals surface area (Å²) < 4.78 is 34.6. The number of allylic oxidation sites excluding steroid dienone is 2. The molecule has 1 amide bonds. The average molecular weight is 459 g/mol. The first-order chi connectivity index (χ1) is 15.7. The highest BCUT2D eigenvalue weighted by Crippen LogP contribution is 2.42. The minimum Gasteiger partial charge on any atom is -0.450 e. The summed E-state index contributed by atoms with van der Waals surface area (Å²) in [6, 6.07) is 4.71. The van der Waals surface area contributed by atoms with Gasteiger partial charge in [-0.2, -0.15) is 8.78 Å². The van der Waals surface area contributed by atoms with Gasteiger partial charge in [0.05, 0.1) is 5.57 Å². The number of ether oxygens (including phenoxy) is 1. The van der Waals surface area contributed by atoms with E-state index in [4.69, 9.17) is 4.74 Å². The van der Waals surface area contributed by atoms with Crippen LogP contribution in [0.5, 0.6) is 0 Å². The SMILES string of the molecule is C/C=C/C(F)(F)c1ccc2c(c1)CN(C(=O)C1=C(C)C(=O)OC13CCN(CCC)CC3)CC2. The molecule has 3 aliphatic heterocycles. The monoisotopic (exact) mass is 458 g/mol. The lowest BCUT2D eigenvalue weighted by Crippen LogP contribution is -2.50. The predicted octanol–water partition coefficient (Wildman–Crippen LogP) is 4.36. The van der Waals surface area contributed by atoms with E-state index in [1.807, 2.05) is 0 Å². The molecule has 4 rings (SSSR count). The third-order valence-electron chi connectivity index (χ3n) is 7.11. The Morgan fingerprint density at radius 1 is 1.21 bits per heavy atom. The molecule has 5 nitrogen and oxygen atoms in total. The van der Waals surface area contributed by atoms with Crippen molar-refractivity contribution in [2.45, 2.75) is 64.5 Å². The topological polar surface area (TPSA) is 49.9 Å². The van der Waals surface area contributed by atoms with Crippen LogP contribution < -0.4 is 0 Å². The lowest BCUT2D eigenvalue weighted by atomic mass is 9.82. The Bertz CT molecular complexity index is 1010. The summed E-state index contributed by atoms with van der Waals surface area (Å²) in [4.78, 5) is 30.2. The number of fused-ring (bicyclic) bond motifs is 1. The molecule has 0 unspecified atom stereocenters. The summed E-state index contributed by atoms with van der Waals surface area (Å²) in [6.45, 7) is 8.63. The van der Waals surface area contributed by atoms with Gasteiger partial charge in [0.1, 0.15) is 5.60 Å². The second-order valence-electron chi connectivity index (χ2n) is 9.31. The molecule has 3 aliphatic rings. The third kappa shape index (κ3) is 4.35. The van der Waals surface area contributed by atoms with Gasteiger partial charge in [-0.05, 0) is 56.5 Å². The van der Waals surface area contributed by atoms with Gasteiger partial charge in [0.2, 0.25) is 0 Å². The van der Waals surface area contributed by atoms with Crippen LogP contribution in [-0.2, 0) is 33.2 Å². The Labute approximate surface area is 194 Å². The first-order valence-electron chi connectivity index (χ1n) is 11.8. The largest absolute Gasteiger partial charge is 0.450 e. The molecular weight excluding hydrogens is 426 g/mol. The molecule has 0 aliphatic carbocycles. The molecule has 3 heterocycles. The summed E-state index contributed by atoms with van der Waals surface area (Å²) in [5.74, 6) is -3.69. The number of benzene rings is 1. The molecule has 0 aromatic heterocycles. The maximum absolute atomic E-state index is 14.4. The molecule has 0 saturated carbocycles. The van der Waals surface area contributed by atoms with E-state index < -0.39 is 17.5 Å². The van der Waals surface area contributed by atoms with Crippen LogP contribution in [0.1, 0.15) is 56.7 Å². The minimum atomic E-state index is -3.06. The van der Waals surface area contributed by atoms with Crippen molar-refractivity contribution in [2.24, 2.45) is 0 Å². The van der Waals surface area contributed by atoms with Crippen LogP contribution in [0, 0.1) is 0 Å². The Kier molecular flexibility index (Phi) is 6.45. The number of alkyl halides is 2. The van der Waals surface area contributed by atoms with E-state index in [0.29, 0.717) is 37.0 Å². The molecule has 0 radical (unpaired) electrons. The van der Waals surface area contributed by atoms with Crippen molar-refractivity contribution < 1.29 is 23.1 Å². The second kappa shape index (κ2) is 9.01. The Morgan fingerprint density at radius 3 is 2.61 bits per heavy atom. The molecule has 0 atom stereocenters. The number of hydrogen-bond acceptors (Lipinski definition) is 4. The summed E-state index contributed by atoms with van der Waals surface area (Å²) in [5.41, 5.74) is 1.59. The summed E-state index contributed by atoms with van der Waals surface area (Å²) in [6.07, 6.45) is 5.06. The van der Waals surface area contributed by atoms with Crippen molar-refractivity contribution in [1.29, 1.82) is 0 Å². The van der Waals surface area contributed by atoms with E-state index in [2.05, 4.69) is 11.8 Å². The zero-order chi connectivity index (χ0) is 23.8. The number of carbonyl (C=O) groups excluding carboxylic acids is 2. The van der Waals surface area contributed by atoms with Gasteiger partial charge in [0.25, 0.3) is 11.8 Å². The van der Waals surface area contributed by atoms with Gasteiger partial charge < -0.3 is 14.5 Å². The van der Waals surface area contributed by atoms with E-state index >= 15 is 0 Å². The minimum absolute atomic E-state index is 0.0804. The van der Waals surface area contributed by atoms with Gasteiger partial charge in [-0.15, -0.1) is 0 Å². The summed E-state index contributed by atoms with van der Waals surface area (Å²) >= 11 is 0. The highest BCUT2D eigenvalue weighted by atomic mass is 19.3. The predicted molar refractivity (Wildman–Crippen MR) is 122 cm³/mol. The van der Waals surface area contributed by atoms with Crippen molar-refractivity contribution in [2.75, 3.05) is 26.2 Å². The van der Waals surface area contributed by atoms with Crippen LogP contribution in [0.4, 0.5) is 8.78 Å². The maximum atomic E-state index is 14.4. The van der Waals surface area contributed by atoms with Crippen LogP contribution in [0.15, 0.2) is 41.5 Å². The average Bonchev–Trinajstić information content (AvgIpc) is 3.03. The fourth-order valence-corrected chi connectivity index (χ4v) is 5.31. The highest BCUT2D eigenvalue weighted by Gasteiger charge is 2.51. The van der Waals surface area contributed by atoms with E-state index in [1.165, 1.54) is 18.2 Å². The third-order valence-corrected chi connectivity index (χ3v) is 7.11. The molecule has 0 bridgehead atoms. The molecule has 1 fully saturated rings. The molecule has 33 heavy (non-hydrogen) atoms. The van der Waals surface area contributed by atoms with Gasteiger partial charge in [-0.3, -0.25) is 4.79 Å². The number of likely N-dealkylation sites (tertiary alicyclic amines) is 1. The van der Waals surface area contributed by atoms with Crippen molar-refractivity contribution in [3.63, 3.8) is 0 Å². The van der Waals surface area contributed by atoms with Crippen LogP contribution in [0.25, 0.3) is 0 Å². The molecule has 1 spiro atoms. The normalized spacial score (nSPS) is 21.1. The molecule has 0 N–H and O–H groups in total. The van der Waals surface area contributed by atoms with Crippen LogP contribution in [-0.4, -0.2) is 53.5 Å². The second-order valence-corrected chi connectivity index (χ2v) is 9.31. The molecule has 178 valence electrons. The zero-order valence-corrected chi connectivity index (χ0v) is 19.6. The summed E-state index contributed by atoms with van der Waals surface area (Å²) in [7, 11) is 0. The van der Waals surface area contributed by atoms with E-state index in [-0.39, 0.29) is 18.0 Å². The Morgan fingerprint density at radius 2 is 1.94 bits per heavy atom. The number of carbonyl (C=O) groups is 2. The van der Waals surface area contributed by atoms with Crippen LogP contribution in [0.3, 0.4) is 0 Å². The van der Waals surface area contributed by atoms with Gasteiger partial charge in [-0.1, -0.05) is 25.1 Å². The van der Waals surface area contributed by atoms with Crippen LogP contribution >= 0.6 is 0 Å². The standard InChI is InChI=1S/C26H32F2N2O3/c1-4-9-26(27,28)21-7-6-19-8-13-30(17-20(19)16-21)23(31)22-18(3)24(32)33-25(22)10-14-29(12-5-2)15-11-25/h4,6-7,9,16H,5,8,10-15,17H2,1-3H3/b9-4+. The Hall–Kier alpha value is -2.54. The van der Waals surface area contributed by atoms with Crippen molar-refractivity contribution in [3.05, 3.63) is 58.2 Å². The lowest BCUT2D eigenvalue weighted by molar-refractivity contribution is -0.151. The molecular formula is C26H32F2N2O3. The smallest absolute Gasteiger partial charge is 0.335 e. The lowest BCUT2D eigenvalue weighted by Gasteiger charge is -2.40. The molecule has 1 aromatic rings. The number of halogens is 2. The number of rotatable bonds is 5. The van der Waals surface area contributed by atoms with Crippen molar-refractivity contribution in [3.8, 4) is 0 Å². The van der Waals surface area contributed by atoms with Gasteiger partial charge in [-0.25, -0.2) is 4.79 Å². The molecule has 1 saturated heterocycles. The first kappa shape index (κ1) is 23.6. The van der Waals surface area contributed by atoms with Crippen molar-refractivity contribution in [1.82, 2.24) is 9.80 Å². The van der Waals surface area contributed by atoms with Crippen molar-refractivity contribution >= 4 is 11.9 Å². The quantitative estimate of drug-likeness (QED) is 0.486. The van der Waals surface area contributed by atoms with Gasteiger partial charge in [0, 0.05) is 50.2 Å². The number of esters is 1. The van der Waals surface area contributed by atoms with Crippen LogP contribution in [0.2, 0.25) is 0 Å². The van der Waals surface area contributed by atoms with E-state index in [9.17, 15) is 18.4 Å². The van der Waals surface area contributed by atoms with E-state index in [0.717, 1.165) is 43.3 Å². The maximum Gasteiger partial charge on any atom is 0.335 e. The number of piperidine rings is 1. The molecule has 1 aromatic carbocycles. The van der Waals surface area contributed by atoms with E-state index in [1.54, 1.807) is 24.8 Å².